The van der Waals surface area contributed by atoms with Crippen LogP contribution < -0.4 is 26.2 Å². The van der Waals surface area contributed by atoms with Crippen LogP contribution in [0.4, 0.5) is 5.82 Å². The van der Waals surface area contributed by atoms with Crippen LogP contribution in [0.3, 0.4) is 0 Å². The number of benzene rings is 1. The minimum Gasteiger partial charge on any atom is -0.454 e. The van der Waals surface area contributed by atoms with Gasteiger partial charge >= 0.3 is 0 Å². The summed E-state index contributed by atoms with van der Waals surface area (Å²) in [5.41, 5.74) is 8.92. The van der Waals surface area contributed by atoms with Crippen molar-refractivity contribution in [2.45, 2.75) is 16.6 Å². The summed E-state index contributed by atoms with van der Waals surface area (Å²) in [6, 6.07) is 3.48. The number of aromatic nitrogens is 4. The van der Waals surface area contributed by atoms with E-state index in [-0.39, 0.29) is 25.8 Å². The molecule has 148 valence electrons. The predicted octanol–water partition coefficient (Wildman–Crippen LogP) is -0.396. The van der Waals surface area contributed by atoms with E-state index in [9.17, 15) is 4.79 Å². The average Bonchev–Trinajstić information content (AvgIpc) is 3.30. The number of nitrogens with one attached hydrogen (secondary N) is 1. The van der Waals surface area contributed by atoms with E-state index in [0.29, 0.717) is 39.8 Å². The highest BCUT2D eigenvalue weighted by molar-refractivity contribution is 7.99. The van der Waals surface area contributed by atoms with Crippen LogP contribution in [0, 0.1) is 0 Å². The molecule has 1 aliphatic rings. The van der Waals surface area contributed by atoms with Crippen LogP contribution in [0.5, 0.6) is 11.5 Å². The fourth-order valence-electron chi connectivity index (χ4n) is 2.69. The van der Waals surface area contributed by atoms with Gasteiger partial charge in [-0.3, -0.25) is 10.0 Å². The quantitative estimate of drug-likeness (QED) is 0.202. The second kappa shape index (κ2) is 8.15. The number of ether oxygens (including phenoxy) is 3. The molecule has 13 heteroatoms. The molecule has 1 aromatic carbocycles. The van der Waals surface area contributed by atoms with E-state index < -0.39 is 5.91 Å². The average molecular weight is 414 g/mol. The molecule has 4 N–H and O–H groups in total. The SMILES string of the molecule is [B]c1cc2c(cc1Sc1nc3c(N)ncnc3n1CCOCC(=O)NO)OCO2. The zero-order chi connectivity index (χ0) is 20.4. The molecule has 0 unspecified atom stereocenters. The lowest BCUT2D eigenvalue weighted by atomic mass is 9.96. The summed E-state index contributed by atoms with van der Waals surface area (Å²) in [6.07, 6.45) is 1.35. The summed E-state index contributed by atoms with van der Waals surface area (Å²) in [4.78, 5) is 24.6. The molecule has 1 amide bonds. The van der Waals surface area contributed by atoms with Crippen molar-refractivity contribution in [1.29, 1.82) is 0 Å². The highest BCUT2D eigenvalue weighted by atomic mass is 32.2. The van der Waals surface area contributed by atoms with E-state index in [0.717, 1.165) is 4.90 Å². The van der Waals surface area contributed by atoms with Gasteiger partial charge in [0.25, 0.3) is 5.91 Å². The third kappa shape index (κ3) is 3.92. The molecule has 29 heavy (non-hydrogen) atoms. The number of rotatable bonds is 7. The monoisotopic (exact) mass is 414 g/mol. The summed E-state index contributed by atoms with van der Waals surface area (Å²) in [5.74, 6) is 0.790. The van der Waals surface area contributed by atoms with Gasteiger partial charge in [-0.1, -0.05) is 17.2 Å². The lowest BCUT2D eigenvalue weighted by Crippen LogP contribution is -2.24. The lowest BCUT2D eigenvalue weighted by molar-refractivity contribution is -0.134. The third-order valence-electron chi connectivity index (χ3n) is 4.05. The van der Waals surface area contributed by atoms with E-state index >= 15 is 0 Å². The first kappa shape index (κ1) is 19.3. The number of carbonyl (C=O) groups excluding carboxylic acids is 1. The minimum atomic E-state index is -0.644. The van der Waals surface area contributed by atoms with Crippen LogP contribution >= 0.6 is 11.8 Å². The summed E-state index contributed by atoms with van der Waals surface area (Å²) < 4.78 is 17.8. The van der Waals surface area contributed by atoms with Crippen LogP contribution in [0.2, 0.25) is 0 Å². The van der Waals surface area contributed by atoms with Crippen LogP contribution in [0.25, 0.3) is 11.2 Å². The topological polar surface area (TPSA) is 147 Å². The van der Waals surface area contributed by atoms with Crippen LogP contribution in [0.1, 0.15) is 0 Å². The summed E-state index contributed by atoms with van der Waals surface area (Å²) in [7, 11) is 6.15. The van der Waals surface area contributed by atoms with Crippen LogP contribution in [0.15, 0.2) is 28.5 Å². The standard InChI is InChI=1S/C16H15BN6O5S/c17-8-3-9-10(28-7-27-9)4-11(8)29-16-21-13-14(18)19-6-20-15(13)23(16)1-2-26-5-12(24)22-25/h3-4,6,25H,1-2,5,7H2,(H,22,24)(H2,18,19,20). The normalized spacial score (nSPS) is 12.4. The highest BCUT2D eigenvalue weighted by Crippen LogP contribution is 2.37. The molecule has 3 heterocycles. The van der Waals surface area contributed by atoms with Gasteiger partial charge in [0.05, 0.1) is 13.2 Å². The number of imidazole rings is 1. The zero-order valence-electron chi connectivity index (χ0n) is 15.0. The van der Waals surface area contributed by atoms with Gasteiger partial charge in [-0.25, -0.2) is 20.4 Å². The molecule has 11 nitrogen and oxygen atoms in total. The molecule has 2 radical (unpaired) electrons. The smallest absolute Gasteiger partial charge is 0.269 e. The zero-order valence-corrected chi connectivity index (χ0v) is 15.8. The lowest BCUT2D eigenvalue weighted by Gasteiger charge is -2.10. The molecule has 3 aromatic rings. The van der Waals surface area contributed by atoms with E-state index in [1.54, 1.807) is 16.7 Å². The van der Waals surface area contributed by atoms with Crippen molar-refractivity contribution >= 4 is 48.0 Å². The van der Waals surface area contributed by atoms with Gasteiger partial charge < -0.3 is 24.5 Å². The summed E-state index contributed by atoms with van der Waals surface area (Å²) in [6.45, 7) is 0.371. The van der Waals surface area contributed by atoms with Crippen molar-refractivity contribution in [2.75, 3.05) is 25.7 Å². The van der Waals surface area contributed by atoms with Gasteiger partial charge in [0.15, 0.2) is 33.6 Å². The fraction of sp³-hybridized carbons (Fsp3) is 0.250. The molecular formula is C16H15BN6O5S. The Bertz CT molecular complexity index is 1080. The van der Waals surface area contributed by atoms with Gasteiger partial charge in [-0.15, -0.1) is 0 Å². The van der Waals surface area contributed by atoms with E-state index in [1.165, 1.54) is 23.6 Å². The van der Waals surface area contributed by atoms with Crippen molar-refractivity contribution < 1.29 is 24.2 Å². The Balaban J connectivity index is 1.63. The van der Waals surface area contributed by atoms with Crippen molar-refractivity contribution in [1.82, 2.24) is 25.0 Å². The molecule has 0 saturated heterocycles. The molecule has 1 aliphatic heterocycles. The number of anilines is 1. The molecule has 4 rings (SSSR count). The Morgan fingerprint density at radius 1 is 1.38 bits per heavy atom. The van der Waals surface area contributed by atoms with E-state index in [1.807, 2.05) is 0 Å². The first-order valence-corrected chi connectivity index (χ1v) is 9.23. The fourth-order valence-corrected chi connectivity index (χ4v) is 3.66. The molecule has 0 fully saturated rings. The Morgan fingerprint density at radius 2 is 2.17 bits per heavy atom. The summed E-state index contributed by atoms with van der Waals surface area (Å²) in [5, 5.41) is 9.09. The number of hydrogen-bond donors (Lipinski definition) is 3. The van der Waals surface area contributed by atoms with Gasteiger partial charge in [0.1, 0.15) is 20.8 Å². The number of hydroxylamine groups is 1. The van der Waals surface area contributed by atoms with Gasteiger partial charge in [-0.2, -0.15) is 0 Å². The maximum absolute atomic E-state index is 11.1. The van der Waals surface area contributed by atoms with Crippen molar-refractivity contribution in [3.8, 4) is 11.5 Å². The Morgan fingerprint density at radius 3 is 2.97 bits per heavy atom. The first-order valence-electron chi connectivity index (χ1n) is 8.41. The summed E-state index contributed by atoms with van der Waals surface area (Å²) >= 11 is 1.30. The maximum atomic E-state index is 11.1. The maximum Gasteiger partial charge on any atom is 0.269 e. The second-order valence-electron chi connectivity index (χ2n) is 5.91. The molecule has 0 bridgehead atoms. The highest BCUT2D eigenvalue weighted by Gasteiger charge is 2.20. The number of fused-ring (bicyclic) bond motifs is 2. The van der Waals surface area contributed by atoms with Gasteiger partial charge in [-0.05, 0) is 12.1 Å². The Labute approximate surface area is 169 Å². The number of nitrogens with two attached hydrogens (primary N) is 1. The number of amides is 1. The molecule has 0 atom stereocenters. The molecule has 0 aliphatic carbocycles. The van der Waals surface area contributed by atoms with Crippen molar-refractivity contribution in [3.63, 3.8) is 0 Å². The van der Waals surface area contributed by atoms with Gasteiger partial charge in [0, 0.05) is 4.90 Å². The van der Waals surface area contributed by atoms with E-state index in [2.05, 4.69) is 15.0 Å². The molecular weight excluding hydrogens is 399 g/mol. The van der Waals surface area contributed by atoms with E-state index in [4.69, 9.17) is 33.0 Å². The minimum absolute atomic E-state index is 0.145. The largest absolute Gasteiger partial charge is 0.454 e. The number of carbonyl (C=O) groups is 1. The predicted molar refractivity (Wildman–Crippen MR) is 103 cm³/mol. The van der Waals surface area contributed by atoms with Crippen molar-refractivity contribution in [2.24, 2.45) is 0 Å². The molecule has 2 aromatic heterocycles. The third-order valence-corrected chi connectivity index (χ3v) is 5.12. The van der Waals surface area contributed by atoms with Crippen LogP contribution in [-0.4, -0.2) is 58.5 Å². The van der Waals surface area contributed by atoms with Crippen molar-refractivity contribution in [3.05, 3.63) is 18.5 Å². The number of nitrogen functional groups attached to an aromatic ring is 1. The number of hydrogen-bond acceptors (Lipinski definition) is 10. The second-order valence-corrected chi connectivity index (χ2v) is 6.92. The number of nitrogens with zero attached hydrogens (tertiary/aromatic N) is 4. The van der Waals surface area contributed by atoms with Gasteiger partial charge in [0.2, 0.25) is 6.79 Å². The Hall–Kier alpha value is -3.03. The molecule has 0 spiro atoms. The molecule has 0 saturated carbocycles. The first-order chi connectivity index (χ1) is 14.1. The Kier molecular flexibility index (Phi) is 5.42. The van der Waals surface area contributed by atoms with Crippen LogP contribution in [-0.2, 0) is 16.1 Å².